The van der Waals surface area contributed by atoms with Gasteiger partial charge in [0.2, 0.25) is 0 Å². The van der Waals surface area contributed by atoms with Gasteiger partial charge in [0, 0.05) is 25.3 Å². The Balaban J connectivity index is 2.29. The third-order valence-corrected chi connectivity index (χ3v) is 5.89. The van der Waals surface area contributed by atoms with E-state index in [1.165, 1.54) is 0 Å². The maximum atomic E-state index is 13.5. The molecule has 0 aliphatic carbocycles. The summed E-state index contributed by atoms with van der Waals surface area (Å²) in [5.74, 6) is -2.27. The van der Waals surface area contributed by atoms with Gasteiger partial charge in [-0.25, -0.2) is 9.59 Å². The van der Waals surface area contributed by atoms with Gasteiger partial charge in [0.05, 0.1) is 20.3 Å². The monoisotopic (exact) mass is 497 g/mol. The van der Waals surface area contributed by atoms with Crippen LogP contribution in [0.4, 0.5) is 5.69 Å². The Hall–Kier alpha value is -3.36. The highest BCUT2D eigenvalue weighted by Crippen LogP contribution is 2.45. The summed E-state index contributed by atoms with van der Waals surface area (Å²) in [4.78, 5) is 28.8. The third kappa shape index (κ3) is 5.39. The number of esters is 2. The van der Waals surface area contributed by atoms with E-state index >= 15 is 0 Å². The minimum Gasteiger partial charge on any atom is -0.497 e. The molecule has 1 unspecified atom stereocenters. The van der Waals surface area contributed by atoms with Crippen LogP contribution in [0.2, 0.25) is 0 Å². The van der Waals surface area contributed by atoms with Crippen LogP contribution in [0.1, 0.15) is 39.7 Å². The first-order valence-corrected chi connectivity index (χ1v) is 12.3. The molecule has 1 aliphatic rings. The third-order valence-electron chi connectivity index (χ3n) is 5.89. The van der Waals surface area contributed by atoms with Gasteiger partial charge in [0.25, 0.3) is 5.79 Å². The van der Waals surface area contributed by atoms with Gasteiger partial charge in [0.1, 0.15) is 17.5 Å². The highest BCUT2D eigenvalue weighted by molar-refractivity contribution is 6.04. The molecule has 194 valence electrons. The molecule has 8 heteroatoms. The zero-order chi connectivity index (χ0) is 26.1. The molecular weight excluding hydrogens is 462 g/mol. The lowest BCUT2D eigenvalue weighted by molar-refractivity contribution is -0.252. The molecule has 0 radical (unpaired) electrons. The summed E-state index contributed by atoms with van der Waals surface area (Å²) in [5, 5.41) is 0. The van der Waals surface area contributed by atoms with Crippen molar-refractivity contribution in [2.45, 2.75) is 45.9 Å². The molecule has 1 atom stereocenters. The Morgan fingerprint density at radius 1 is 0.861 bits per heavy atom. The van der Waals surface area contributed by atoms with Gasteiger partial charge in [0.15, 0.2) is 0 Å². The lowest BCUT2D eigenvalue weighted by atomic mass is 9.96. The van der Waals surface area contributed by atoms with Crippen LogP contribution in [0.25, 0.3) is 5.57 Å². The van der Waals surface area contributed by atoms with Crippen molar-refractivity contribution in [3.8, 4) is 5.75 Å². The number of hydrogen-bond acceptors (Lipinski definition) is 8. The van der Waals surface area contributed by atoms with Crippen molar-refractivity contribution >= 4 is 23.2 Å². The SMILES string of the molecule is CCOC(=O)C1=C(c2ccccc2)CC(C(OCC)(OCC)C(=O)OCC)N1c1ccc(OC)cc1. The standard InChI is InChI=1S/C28H35NO7/c1-6-33-26(30)25-23(20-13-11-10-12-14-20)19-24(29(25)21-15-17-22(32-5)18-16-21)28(35-8-3,36-9-4)27(31)34-7-2/h10-18,24H,6-9,19H2,1-5H3. The fourth-order valence-electron chi connectivity index (χ4n) is 4.50. The Bertz CT molecular complexity index is 1040. The van der Waals surface area contributed by atoms with Crippen LogP contribution in [-0.2, 0) is 28.5 Å². The molecule has 36 heavy (non-hydrogen) atoms. The molecule has 0 aromatic heterocycles. The fraction of sp³-hybridized carbons (Fsp3) is 0.429. The highest BCUT2D eigenvalue weighted by Gasteiger charge is 2.57. The van der Waals surface area contributed by atoms with Gasteiger partial charge in [-0.05, 0) is 63.1 Å². The van der Waals surface area contributed by atoms with Gasteiger partial charge < -0.3 is 28.6 Å². The average molecular weight is 498 g/mol. The van der Waals surface area contributed by atoms with Gasteiger partial charge in [-0.3, -0.25) is 0 Å². The van der Waals surface area contributed by atoms with Crippen molar-refractivity contribution in [2.75, 3.05) is 38.4 Å². The first-order chi connectivity index (χ1) is 17.5. The Morgan fingerprint density at radius 3 is 2.00 bits per heavy atom. The number of anilines is 1. The van der Waals surface area contributed by atoms with Crippen molar-refractivity contribution in [1.82, 2.24) is 0 Å². The average Bonchev–Trinajstić information content (AvgIpc) is 3.30. The number of nitrogens with zero attached hydrogens (tertiary/aromatic N) is 1. The number of methoxy groups -OCH3 is 1. The van der Waals surface area contributed by atoms with E-state index in [0.717, 1.165) is 11.1 Å². The number of rotatable bonds is 12. The molecule has 1 heterocycles. The molecule has 0 bridgehead atoms. The van der Waals surface area contributed by atoms with Gasteiger partial charge in [-0.15, -0.1) is 0 Å². The largest absolute Gasteiger partial charge is 0.497 e. The molecule has 2 aromatic carbocycles. The van der Waals surface area contributed by atoms with Crippen LogP contribution >= 0.6 is 0 Å². The minimum absolute atomic E-state index is 0.152. The zero-order valence-electron chi connectivity index (χ0n) is 21.6. The van der Waals surface area contributed by atoms with Crippen LogP contribution in [0.15, 0.2) is 60.3 Å². The maximum Gasteiger partial charge on any atom is 0.369 e. The first kappa shape index (κ1) is 27.2. The van der Waals surface area contributed by atoms with E-state index in [2.05, 4.69) is 0 Å². The molecule has 0 spiro atoms. The number of benzene rings is 2. The summed E-state index contributed by atoms with van der Waals surface area (Å²) >= 11 is 0. The number of carbonyl (C=O) groups is 2. The van der Waals surface area contributed by atoms with Crippen molar-refractivity contribution < 1.29 is 33.3 Å². The van der Waals surface area contributed by atoms with Gasteiger partial charge >= 0.3 is 11.9 Å². The molecule has 0 saturated heterocycles. The zero-order valence-corrected chi connectivity index (χ0v) is 21.6. The molecule has 0 fully saturated rings. The Labute approximate surface area is 212 Å². The summed E-state index contributed by atoms with van der Waals surface area (Å²) in [6.45, 7) is 7.81. The van der Waals surface area contributed by atoms with E-state index < -0.39 is 23.8 Å². The number of ether oxygens (including phenoxy) is 5. The van der Waals surface area contributed by atoms with Gasteiger partial charge in [-0.1, -0.05) is 30.3 Å². The molecule has 1 aliphatic heterocycles. The quantitative estimate of drug-likeness (QED) is 0.311. The van der Waals surface area contributed by atoms with E-state index in [1.54, 1.807) is 51.8 Å². The lowest BCUT2D eigenvalue weighted by Crippen LogP contribution is -2.60. The molecular formula is C28H35NO7. The van der Waals surface area contributed by atoms with E-state index in [9.17, 15) is 9.59 Å². The lowest BCUT2D eigenvalue weighted by Gasteiger charge is -2.41. The number of hydrogen-bond donors (Lipinski definition) is 0. The first-order valence-electron chi connectivity index (χ1n) is 12.3. The normalized spacial score (nSPS) is 15.7. The van der Waals surface area contributed by atoms with Crippen molar-refractivity contribution in [3.63, 3.8) is 0 Å². The summed E-state index contributed by atoms with van der Waals surface area (Å²) in [5.41, 5.74) is 2.55. The predicted octanol–water partition coefficient (Wildman–Crippen LogP) is 4.58. The fourth-order valence-corrected chi connectivity index (χ4v) is 4.50. The van der Waals surface area contributed by atoms with Crippen LogP contribution in [0, 0.1) is 0 Å². The van der Waals surface area contributed by atoms with Crippen LogP contribution in [0.5, 0.6) is 5.75 Å². The molecule has 8 nitrogen and oxygen atoms in total. The second-order valence-electron chi connectivity index (χ2n) is 7.96. The van der Waals surface area contributed by atoms with Crippen LogP contribution in [0.3, 0.4) is 0 Å². The summed E-state index contributed by atoms with van der Waals surface area (Å²) in [6, 6.07) is 16.1. The Morgan fingerprint density at radius 2 is 1.47 bits per heavy atom. The molecule has 0 amide bonds. The molecule has 3 rings (SSSR count). The Kier molecular flexibility index (Phi) is 9.50. The van der Waals surface area contributed by atoms with E-state index in [0.29, 0.717) is 17.1 Å². The van der Waals surface area contributed by atoms with E-state index in [-0.39, 0.29) is 32.8 Å². The molecule has 0 saturated carbocycles. The highest BCUT2D eigenvalue weighted by atomic mass is 16.7. The smallest absolute Gasteiger partial charge is 0.369 e. The van der Waals surface area contributed by atoms with E-state index in [4.69, 9.17) is 23.7 Å². The second kappa shape index (κ2) is 12.6. The van der Waals surface area contributed by atoms with Crippen molar-refractivity contribution in [1.29, 1.82) is 0 Å². The maximum absolute atomic E-state index is 13.5. The van der Waals surface area contributed by atoms with Gasteiger partial charge in [-0.2, -0.15) is 0 Å². The topological polar surface area (TPSA) is 83.5 Å². The summed E-state index contributed by atoms with van der Waals surface area (Å²) in [6.07, 6.45) is 0.281. The second-order valence-corrected chi connectivity index (χ2v) is 7.96. The molecule has 0 N–H and O–H groups in total. The summed E-state index contributed by atoms with van der Waals surface area (Å²) in [7, 11) is 1.58. The van der Waals surface area contributed by atoms with Crippen molar-refractivity contribution in [3.05, 3.63) is 65.9 Å². The van der Waals surface area contributed by atoms with Crippen LogP contribution in [-0.4, -0.2) is 57.3 Å². The number of carbonyl (C=O) groups excluding carboxylic acids is 2. The molecule has 2 aromatic rings. The van der Waals surface area contributed by atoms with E-state index in [1.807, 2.05) is 42.5 Å². The van der Waals surface area contributed by atoms with Crippen LogP contribution < -0.4 is 9.64 Å². The van der Waals surface area contributed by atoms with Crippen molar-refractivity contribution in [2.24, 2.45) is 0 Å². The minimum atomic E-state index is -1.78. The summed E-state index contributed by atoms with van der Waals surface area (Å²) < 4.78 is 28.5. The predicted molar refractivity (Wildman–Crippen MR) is 136 cm³/mol.